The van der Waals surface area contributed by atoms with Gasteiger partial charge in [-0.2, -0.15) is 0 Å². The number of rotatable bonds is 8. The molecule has 1 saturated heterocycles. The van der Waals surface area contributed by atoms with E-state index in [1.165, 1.54) is 53.4 Å². The summed E-state index contributed by atoms with van der Waals surface area (Å²) in [5, 5.41) is 21.4. The molecule has 1 aliphatic rings. The molecule has 200 valence electrons. The Hall–Kier alpha value is -3.81. The molecule has 0 unspecified atom stereocenters. The first-order valence-electron chi connectivity index (χ1n) is 12.4. The van der Waals surface area contributed by atoms with Gasteiger partial charge in [-0.15, -0.1) is 0 Å². The maximum atomic E-state index is 13.6. The first-order chi connectivity index (χ1) is 18.6. The fourth-order valence-electron chi connectivity index (χ4n) is 5.20. The minimum Gasteiger partial charge on any atom is -0.507 e. The van der Waals surface area contributed by atoms with Crippen molar-refractivity contribution in [2.45, 2.75) is 25.0 Å². The number of hydrogen-bond donors (Lipinski definition) is 4. The van der Waals surface area contributed by atoms with Gasteiger partial charge in [-0.25, -0.2) is 4.39 Å². The fraction of sp³-hybridized carbons (Fsp3) is 0.167. The molecule has 0 bridgehead atoms. The zero-order valence-corrected chi connectivity index (χ0v) is 21.7. The third-order valence-corrected chi connectivity index (χ3v) is 8.14. The third kappa shape index (κ3) is 5.37. The molecular formula is C30H27FNO6P. The van der Waals surface area contributed by atoms with Crippen molar-refractivity contribution in [3.05, 3.63) is 114 Å². The van der Waals surface area contributed by atoms with Crippen LogP contribution in [-0.2, 0) is 9.36 Å². The number of nitrogens with zero attached hydrogens (tertiary/aromatic N) is 1. The van der Waals surface area contributed by atoms with Gasteiger partial charge in [-0.05, 0) is 60.4 Å². The highest BCUT2D eigenvalue weighted by Crippen LogP contribution is 2.48. The molecule has 1 heterocycles. The highest BCUT2D eigenvalue weighted by molar-refractivity contribution is 7.60. The van der Waals surface area contributed by atoms with Crippen molar-refractivity contribution in [2.75, 3.05) is 4.90 Å². The lowest BCUT2D eigenvalue weighted by Crippen LogP contribution is -2.55. The molecule has 39 heavy (non-hydrogen) atoms. The lowest BCUT2D eigenvalue weighted by molar-refractivity contribution is -0.131. The second kappa shape index (κ2) is 10.8. The van der Waals surface area contributed by atoms with E-state index in [4.69, 9.17) is 0 Å². The van der Waals surface area contributed by atoms with Crippen LogP contribution in [-0.4, -0.2) is 25.9 Å². The fourth-order valence-corrected chi connectivity index (χ4v) is 5.98. The van der Waals surface area contributed by atoms with Gasteiger partial charge in [-0.3, -0.25) is 9.36 Å². The molecule has 4 aromatic carbocycles. The Bertz CT molecular complexity index is 1540. The molecule has 9 heteroatoms. The number of carbonyl (C=O) groups is 1. The summed E-state index contributed by atoms with van der Waals surface area (Å²) < 4.78 is 25.6. The molecule has 3 atom stereocenters. The number of carbonyl (C=O) groups excluding carboxylic acids is 1. The van der Waals surface area contributed by atoms with Crippen molar-refractivity contribution in [3.8, 4) is 16.9 Å². The topological polar surface area (TPSA) is 118 Å². The van der Waals surface area contributed by atoms with Crippen LogP contribution in [0.2, 0.25) is 0 Å². The zero-order chi connectivity index (χ0) is 27.7. The molecule has 0 aliphatic carbocycles. The average Bonchev–Trinajstić information content (AvgIpc) is 2.92. The molecule has 7 nitrogen and oxygen atoms in total. The van der Waals surface area contributed by atoms with Gasteiger partial charge in [-0.1, -0.05) is 60.7 Å². The van der Waals surface area contributed by atoms with Gasteiger partial charge in [0.1, 0.15) is 11.6 Å². The summed E-state index contributed by atoms with van der Waals surface area (Å²) in [6.07, 6.45) is -0.0335. The minimum absolute atomic E-state index is 0.178. The summed E-state index contributed by atoms with van der Waals surface area (Å²) in [5.41, 5.74) is 2.31. The van der Waals surface area contributed by atoms with E-state index >= 15 is 0 Å². The van der Waals surface area contributed by atoms with E-state index < -0.39 is 31.5 Å². The quantitative estimate of drug-likeness (QED) is 0.178. The number of halogens is 1. The maximum Gasteiger partial charge on any atom is 0.356 e. The van der Waals surface area contributed by atoms with Crippen LogP contribution in [0.15, 0.2) is 97.1 Å². The highest BCUT2D eigenvalue weighted by atomic mass is 31.2. The summed E-state index contributed by atoms with van der Waals surface area (Å²) in [6, 6.07) is 25.0. The van der Waals surface area contributed by atoms with Gasteiger partial charge < -0.3 is 24.9 Å². The zero-order valence-electron chi connectivity index (χ0n) is 20.8. The van der Waals surface area contributed by atoms with E-state index in [1.54, 1.807) is 18.2 Å². The molecule has 5 rings (SSSR count). The van der Waals surface area contributed by atoms with Crippen LogP contribution in [0.3, 0.4) is 0 Å². The highest BCUT2D eigenvalue weighted by Gasteiger charge is 2.48. The van der Waals surface area contributed by atoms with E-state index in [0.29, 0.717) is 24.1 Å². The smallest absolute Gasteiger partial charge is 0.356 e. The SMILES string of the molecule is O=C1[C@H](CC[C@H](O)c2ccccc2)[C@@H](c2ccc(-c3ccccc3P(=O)(O)O)c(O)c2)N1c1ccc(F)cc1. The standard InChI is InChI=1S/C30H27FNO6P/c31-21-11-13-22(14-12-21)32-29(25(30(32)35)16-17-26(33)19-6-2-1-3-7-19)20-10-15-23(27(34)18-20)24-8-4-5-9-28(24)39(36,37)38/h1-15,18,25-26,29,33-34H,16-17H2,(H2,36,37,38)/t25-,26+,29-/m1/s1. The Labute approximate surface area is 225 Å². The summed E-state index contributed by atoms with van der Waals surface area (Å²) in [7, 11) is -4.60. The Morgan fingerprint density at radius 1 is 0.872 bits per heavy atom. The molecule has 1 amide bonds. The van der Waals surface area contributed by atoms with Crippen molar-refractivity contribution in [1.29, 1.82) is 0 Å². The van der Waals surface area contributed by atoms with Crippen LogP contribution in [0.1, 0.15) is 36.1 Å². The van der Waals surface area contributed by atoms with Crippen molar-refractivity contribution in [1.82, 2.24) is 0 Å². The number of β-lactam (4-membered cyclic amide) rings is 1. The van der Waals surface area contributed by atoms with E-state index in [-0.39, 0.29) is 28.1 Å². The van der Waals surface area contributed by atoms with Gasteiger partial charge in [0.25, 0.3) is 0 Å². The van der Waals surface area contributed by atoms with Crippen LogP contribution >= 0.6 is 7.60 Å². The second-order valence-electron chi connectivity index (χ2n) is 9.58. The predicted molar refractivity (Wildman–Crippen MR) is 146 cm³/mol. The van der Waals surface area contributed by atoms with Crippen LogP contribution in [0.25, 0.3) is 11.1 Å². The second-order valence-corrected chi connectivity index (χ2v) is 11.1. The number of anilines is 1. The van der Waals surface area contributed by atoms with Crippen LogP contribution in [0, 0.1) is 11.7 Å². The van der Waals surface area contributed by atoms with Crippen molar-refractivity contribution in [3.63, 3.8) is 0 Å². The Morgan fingerprint density at radius 2 is 1.54 bits per heavy atom. The minimum atomic E-state index is -4.60. The van der Waals surface area contributed by atoms with Gasteiger partial charge >= 0.3 is 7.60 Å². The monoisotopic (exact) mass is 547 g/mol. The summed E-state index contributed by atoms with van der Waals surface area (Å²) in [6.45, 7) is 0. The number of aliphatic hydroxyl groups is 1. The van der Waals surface area contributed by atoms with E-state index in [9.17, 15) is 33.7 Å². The molecule has 4 aromatic rings. The van der Waals surface area contributed by atoms with E-state index in [2.05, 4.69) is 0 Å². The number of benzene rings is 4. The van der Waals surface area contributed by atoms with Gasteiger partial charge in [0.2, 0.25) is 5.91 Å². The predicted octanol–water partition coefficient (Wildman–Crippen LogP) is 5.22. The Balaban J connectivity index is 1.48. The van der Waals surface area contributed by atoms with Crippen LogP contribution in [0.5, 0.6) is 5.75 Å². The molecule has 1 aliphatic heterocycles. The van der Waals surface area contributed by atoms with Gasteiger partial charge in [0.15, 0.2) is 0 Å². The Morgan fingerprint density at radius 3 is 2.21 bits per heavy atom. The lowest BCUT2D eigenvalue weighted by Gasteiger charge is -2.48. The number of phenolic OH excluding ortho intramolecular Hbond substituents is 1. The molecule has 0 saturated carbocycles. The normalized spacial score (nSPS) is 18.1. The molecular weight excluding hydrogens is 520 g/mol. The number of amides is 1. The van der Waals surface area contributed by atoms with Crippen LogP contribution < -0.4 is 10.2 Å². The van der Waals surface area contributed by atoms with Gasteiger partial charge in [0.05, 0.1) is 23.4 Å². The maximum absolute atomic E-state index is 13.6. The summed E-state index contributed by atoms with van der Waals surface area (Å²) in [5.74, 6) is -1.31. The molecule has 0 radical (unpaired) electrons. The van der Waals surface area contributed by atoms with E-state index in [1.807, 2.05) is 30.3 Å². The molecule has 1 fully saturated rings. The van der Waals surface area contributed by atoms with Crippen molar-refractivity contribution < 1.29 is 33.7 Å². The van der Waals surface area contributed by atoms with Crippen molar-refractivity contribution in [2.24, 2.45) is 5.92 Å². The number of phenols is 1. The summed E-state index contributed by atoms with van der Waals surface area (Å²) >= 11 is 0. The molecule has 0 spiro atoms. The van der Waals surface area contributed by atoms with Gasteiger partial charge in [0, 0.05) is 16.8 Å². The summed E-state index contributed by atoms with van der Waals surface area (Å²) in [4.78, 5) is 34.4. The van der Waals surface area contributed by atoms with Crippen LogP contribution in [0.4, 0.5) is 10.1 Å². The third-order valence-electron chi connectivity index (χ3n) is 7.13. The molecule has 0 aromatic heterocycles. The average molecular weight is 548 g/mol. The largest absolute Gasteiger partial charge is 0.507 e. The molecule has 4 N–H and O–H groups in total. The Kier molecular flexibility index (Phi) is 7.38. The first kappa shape index (κ1) is 26.8. The van der Waals surface area contributed by atoms with Crippen molar-refractivity contribution >= 4 is 24.5 Å². The lowest BCUT2D eigenvalue weighted by atomic mass is 9.78. The number of aliphatic hydroxyl groups excluding tert-OH is 1. The van der Waals surface area contributed by atoms with E-state index in [0.717, 1.165) is 5.56 Å². The first-order valence-corrected chi connectivity index (χ1v) is 14.1. The number of hydrogen-bond acceptors (Lipinski definition) is 4. The number of aromatic hydroxyl groups is 1.